The van der Waals surface area contributed by atoms with Gasteiger partial charge in [0.1, 0.15) is 16.9 Å². The molecule has 0 unspecified atom stereocenters. The smallest absolute Gasteiger partial charge is 0.368 e. The van der Waals surface area contributed by atoms with E-state index in [2.05, 4.69) is 25.5 Å². The molecule has 1 aliphatic rings. The van der Waals surface area contributed by atoms with Gasteiger partial charge in [-0.15, -0.1) is 10.2 Å². The van der Waals surface area contributed by atoms with Gasteiger partial charge in [-0.3, -0.25) is 9.78 Å². The summed E-state index contributed by atoms with van der Waals surface area (Å²) in [5.74, 6) is -0.240. The third kappa shape index (κ3) is 4.33. The van der Waals surface area contributed by atoms with E-state index in [1.54, 1.807) is 11.0 Å². The SMILES string of the molecule is CCNC1(C(N)=O)CN(c2nnc(-c3ccc(C(F)(F)F)cc3)c(-c3ccncc3Cl)n2)C1. The van der Waals surface area contributed by atoms with Crippen molar-refractivity contribution in [3.05, 3.63) is 53.3 Å². The van der Waals surface area contributed by atoms with Crippen LogP contribution in [0.25, 0.3) is 22.5 Å². The number of halogens is 4. The number of rotatable bonds is 6. The summed E-state index contributed by atoms with van der Waals surface area (Å²) in [7, 11) is 0. The van der Waals surface area contributed by atoms with Gasteiger partial charge in [-0.2, -0.15) is 13.2 Å². The lowest BCUT2D eigenvalue weighted by Gasteiger charge is -2.48. The van der Waals surface area contributed by atoms with Crippen LogP contribution in [-0.4, -0.2) is 51.2 Å². The van der Waals surface area contributed by atoms with Crippen molar-refractivity contribution in [2.45, 2.75) is 18.6 Å². The molecule has 4 rings (SSSR count). The number of carbonyl (C=O) groups is 1. The van der Waals surface area contributed by atoms with Gasteiger partial charge in [0.25, 0.3) is 0 Å². The van der Waals surface area contributed by atoms with Crippen molar-refractivity contribution in [3.63, 3.8) is 0 Å². The number of carbonyl (C=O) groups excluding carboxylic acids is 1. The summed E-state index contributed by atoms with van der Waals surface area (Å²) in [6, 6.07) is 6.18. The molecule has 0 saturated carbocycles. The van der Waals surface area contributed by atoms with Gasteiger partial charge in [0.2, 0.25) is 11.9 Å². The molecule has 1 saturated heterocycles. The van der Waals surface area contributed by atoms with Gasteiger partial charge in [-0.05, 0) is 24.7 Å². The number of benzene rings is 1. The number of nitrogens with two attached hydrogens (primary N) is 1. The Morgan fingerprint density at radius 2 is 1.88 bits per heavy atom. The van der Waals surface area contributed by atoms with E-state index in [0.717, 1.165) is 12.1 Å². The molecule has 33 heavy (non-hydrogen) atoms. The summed E-state index contributed by atoms with van der Waals surface area (Å²) in [4.78, 5) is 22.2. The molecular weight excluding hydrogens is 459 g/mol. The molecule has 0 radical (unpaired) electrons. The fourth-order valence-corrected chi connectivity index (χ4v) is 3.87. The molecule has 1 aliphatic heterocycles. The van der Waals surface area contributed by atoms with Crippen molar-refractivity contribution >= 4 is 23.5 Å². The lowest BCUT2D eigenvalue weighted by atomic mass is 9.89. The number of aromatic nitrogens is 4. The summed E-state index contributed by atoms with van der Waals surface area (Å²) >= 11 is 6.33. The van der Waals surface area contributed by atoms with Crippen LogP contribution in [0.15, 0.2) is 42.7 Å². The second kappa shape index (κ2) is 8.56. The molecule has 3 aromatic rings. The Bertz CT molecular complexity index is 1180. The van der Waals surface area contributed by atoms with Crippen LogP contribution in [-0.2, 0) is 11.0 Å². The Labute approximate surface area is 192 Å². The maximum atomic E-state index is 13.0. The molecule has 1 fully saturated rings. The topological polar surface area (TPSA) is 110 Å². The molecule has 3 N–H and O–H groups in total. The summed E-state index contributed by atoms with van der Waals surface area (Å²) in [5, 5.41) is 11.8. The van der Waals surface area contributed by atoms with E-state index < -0.39 is 23.2 Å². The van der Waals surface area contributed by atoms with E-state index in [0.29, 0.717) is 28.4 Å². The van der Waals surface area contributed by atoms with E-state index in [-0.39, 0.29) is 24.7 Å². The molecule has 2 aromatic heterocycles. The molecule has 0 aliphatic carbocycles. The highest BCUT2D eigenvalue weighted by molar-refractivity contribution is 6.33. The predicted molar refractivity (Wildman–Crippen MR) is 116 cm³/mol. The number of alkyl halides is 3. The van der Waals surface area contributed by atoms with Crippen molar-refractivity contribution in [2.75, 3.05) is 24.5 Å². The monoisotopic (exact) mass is 477 g/mol. The summed E-state index contributed by atoms with van der Waals surface area (Å²) in [5.41, 5.74) is 5.35. The van der Waals surface area contributed by atoms with Gasteiger partial charge in [0.05, 0.1) is 10.6 Å². The zero-order valence-electron chi connectivity index (χ0n) is 17.4. The third-order valence-electron chi connectivity index (χ3n) is 5.38. The lowest BCUT2D eigenvalue weighted by molar-refractivity contribution is -0.137. The molecule has 1 aromatic carbocycles. The normalized spacial score (nSPS) is 15.2. The van der Waals surface area contributed by atoms with Crippen molar-refractivity contribution < 1.29 is 18.0 Å². The maximum Gasteiger partial charge on any atom is 0.416 e. The molecule has 0 atom stereocenters. The Balaban J connectivity index is 1.75. The van der Waals surface area contributed by atoms with Crippen LogP contribution in [0.5, 0.6) is 0 Å². The van der Waals surface area contributed by atoms with E-state index in [4.69, 9.17) is 17.3 Å². The highest BCUT2D eigenvalue weighted by atomic mass is 35.5. The van der Waals surface area contributed by atoms with Crippen LogP contribution in [0.3, 0.4) is 0 Å². The number of primary amides is 1. The van der Waals surface area contributed by atoms with Gasteiger partial charge in [-0.25, -0.2) is 4.98 Å². The molecule has 0 spiro atoms. The van der Waals surface area contributed by atoms with Gasteiger partial charge in [0, 0.05) is 36.6 Å². The minimum atomic E-state index is -4.46. The standard InChI is InChI=1S/C21H19ClF3N7O/c1-2-28-20(18(26)33)10-32(11-20)19-29-17(14-7-8-27-9-15(14)22)16(30-31-19)12-3-5-13(6-4-12)21(23,24)25/h3-9,28H,2,10-11H2,1H3,(H2,26,33). The van der Waals surface area contributed by atoms with Crippen molar-refractivity contribution in [2.24, 2.45) is 5.73 Å². The number of hydrogen-bond donors (Lipinski definition) is 2. The Morgan fingerprint density at radius 3 is 2.45 bits per heavy atom. The molecular formula is C21H19ClF3N7O. The predicted octanol–water partition coefficient (Wildman–Crippen LogP) is 2.93. The Kier molecular flexibility index (Phi) is 5.93. The summed E-state index contributed by atoms with van der Waals surface area (Å²) < 4.78 is 38.9. The first-order valence-corrected chi connectivity index (χ1v) is 10.3. The number of nitrogens with one attached hydrogen (secondary N) is 1. The molecule has 0 bridgehead atoms. The Morgan fingerprint density at radius 1 is 1.18 bits per heavy atom. The number of amides is 1. The van der Waals surface area contributed by atoms with E-state index in [1.807, 2.05) is 6.92 Å². The summed E-state index contributed by atoms with van der Waals surface area (Å²) in [6.45, 7) is 2.93. The minimum absolute atomic E-state index is 0.239. The van der Waals surface area contributed by atoms with E-state index in [1.165, 1.54) is 24.5 Å². The van der Waals surface area contributed by atoms with Crippen LogP contribution in [0.1, 0.15) is 12.5 Å². The Hall–Kier alpha value is -3.31. The average molecular weight is 478 g/mol. The fraction of sp³-hybridized carbons (Fsp3) is 0.286. The van der Waals surface area contributed by atoms with Crippen LogP contribution in [0.2, 0.25) is 5.02 Å². The zero-order valence-corrected chi connectivity index (χ0v) is 18.2. The van der Waals surface area contributed by atoms with Crippen molar-refractivity contribution in [3.8, 4) is 22.5 Å². The van der Waals surface area contributed by atoms with Gasteiger partial charge in [-0.1, -0.05) is 30.7 Å². The highest BCUT2D eigenvalue weighted by Gasteiger charge is 2.48. The van der Waals surface area contributed by atoms with Gasteiger partial charge < -0.3 is 16.0 Å². The number of hydrogen-bond acceptors (Lipinski definition) is 7. The quantitative estimate of drug-likeness (QED) is 0.561. The zero-order chi connectivity index (χ0) is 23.8. The van der Waals surface area contributed by atoms with Crippen LogP contribution >= 0.6 is 11.6 Å². The number of pyridine rings is 1. The first-order chi connectivity index (χ1) is 15.6. The van der Waals surface area contributed by atoms with Crippen LogP contribution in [0, 0.1) is 0 Å². The van der Waals surface area contributed by atoms with E-state index in [9.17, 15) is 18.0 Å². The van der Waals surface area contributed by atoms with Gasteiger partial charge >= 0.3 is 6.18 Å². The second-order valence-corrected chi connectivity index (χ2v) is 7.98. The van der Waals surface area contributed by atoms with Gasteiger partial charge in [0.15, 0.2) is 0 Å². The number of nitrogens with zero attached hydrogens (tertiary/aromatic N) is 5. The van der Waals surface area contributed by atoms with Crippen LogP contribution in [0.4, 0.5) is 19.1 Å². The first kappa shape index (κ1) is 22.9. The number of anilines is 1. The van der Waals surface area contributed by atoms with Crippen molar-refractivity contribution in [1.82, 2.24) is 25.5 Å². The highest BCUT2D eigenvalue weighted by Crippen LogP contribution is 2.36. The lowest BCUT2D eigenvalue weighted by Crippen LogP contribution is -2.75. The molecule has 3 heterocycles. The largest absolute Gasteiger partial charge is 0.416 e. The first-order valence-electron chi connectivity index (χ1n) is 9.97. The molecule has 8 nitrogen and oxygen atoms in total. The number of likely N-dealkylation sites (N-methyl/N-ethyl adjacent to an activating group) is 1. The molecule has 172 valence electrons. The maximum absolute atomic E-state index is 13.0. The summed E-state index contributed by atoms with van der Waals surface area (Å²) in [6.07, 6.45) is -1.50. The second-order valence-electron chi connectivity index (χ2n) is 7.57. The van der Waals surface area contributed by atoms with Crippen molar-refractivity contribution in [1.29, 1.82) is 0 Å². The fourth-order valence-electron chi connectivity index (χ4n) is 3.66. The average Bonchev–Trinajstić information content (AvgIpc) is 2.75. The van der Waals surface area contributed by atoms with Crippen LogP contribution < -0.4 is 16.0 Å². The minimum Gasteiger partial charge on any atom is -0.368 e. The molecule has 12 heteroatoms. The van der Waals surface area contributed by atoms with E-state index >= 15 is 0 Å². The third-order valence-corrected chi connectivity index (χ3v) is 5.68. The molecule has 1 amide bonds.